The van der Waals surface area contributed by atoms with Gasteiger partial charge in [0.05, 0.1) is 5.69 Å². The highest BCUT2D eigenvalue weighted by molar-refractivity contribution is 7.17. The Balaban J connectivity index is 2.15. The van der Waals surface area contributed by atoms with Crippen LogP contribution in [0.4, 0.5) is 0 Å². The van der Waals surface area contributed by atoms with E-state index in [4.69, 9.17) is 0 Å². The molecule has 0 fully saturated rings. The summed E-state index contributed by atoms with van der Waals surface area (Å²) < 4.78 is 0. The molecule has 0 aliphatic carbocycles. The van der Waals surface area contributed by atoms with Crippen LogP contribution in [0.2, 0.25) is 0 Å². The van der Waals surface area contributed by atoms with Crippen LogP contribution in [0, 0.1) is 6.92 Å². The molecule has 0 spiro atoms. The lowest BCUT2D eigenvalue weighted by Gasteiger charge is -2.01. The standard InChI is InChI=1S/C17H22N2OS/c1-4-6-11-18-16(20)15-12(3)19-17(21-15)14-9-7-13(5-2)8-10-14/h7-10H,4-6,11H2,1-3H3,(H,18,20). The van der Waals surface area contributed by atoms with Gasteiger partial charge in [0.2, 0.25) is 0 Å². The van der Waals surface area contributed by atoms with Gasteiger partial charge in [0.1, 0.15) is 9.88 Å². The number of rotatable bonds is 6. The third-order valence-corrected chi connectivity index (χ3v) is 4.63. The van der Waals surface area contributed by atoms with Gasteiger partial charge in [0.25, 0.3) is 5.91 Å². The van der Waals surface area contributed by atoms with E-state index in [-0.39, 0.29) is 5.91 Å². The maximum absolute atomic E-state index is 12.1. The van der Waals surface area contributed by atoms with Gasteiger partial charge >= 0.3 is 0 Å². The molecule has 1 amide bonds. The van der Waals surface area contributed by atoms with Crippen LogP contribution in [0.5, 0.6) is 0 Å². The number of thiazole rings is 1. The van der Waals surface area contributed by atoms with E-state index in [1.807, 2.05) is 6.92 Å². The molecule has 3 nitrogen and oxygen atoms in total. The second-order valence-electron chi connectivity index (χ2n) is 5.09. The van der Waals surface area contributed by atoms with Gasteiger partial charge in [-0.25, -0.2) is 4.98 Å². The molecule has 0 unspecified atom stereocenters. The highest BCUT2D eigenvalue weighted by Crippen LogP contribution is 2.28. The third kappa shape index (κ3) is 3.91. The second kappa shape index (κ2) is 7.36. The van der Waals surface area contributed by atoms with Crippen molar-refractivity contribution in [1.82, 2.24) is 10.3 Å². The summed E-state index contributed by atoms with van der Waals surface area (Å²) in [6, 6.07) is 8.39. The minimum absolute atomic E-state index is 0.00474. The van der Waals surface area contributed by atoms with Crippen molar-refractivity contribution in [2.75, 3.05) is 6.54 Å². The molecule has 21 heavy (non-hydrogen) atoms. The van der Waals surface area contributed by atoms with Crippen molar-refractivity contribution < 1.29 is 4.79 Å². The smallest absolute Gasteiger partial charge is 0.263 e. The van der Waals surface area contributed by atoms with Crippen molar-refractivity contribution in [3.63, 3.8) is 0 Å². The zero-order valence-electron chi connectivity index (χ0n) is 12.9. The van der Waals surface area contributed by atoms with E-state index in [9.17, 15) is 4.79 Å². The molecule has 1 N–H and O–H groups in total. The highest BCUT2D eigenvalue weighted by atomic mass is 32.1. The fourth-order valence-electron chi connectivity index (χ4n) is 2.07. The number of aromatic nitrogens is 1. The largest absolute Gasteiger partial charge is 0.351 e. The zero-order chi connectivity index (χ0) is 15.2. The van der Waals surface area contributed by atoms with Gasteiger partial charge in [-0.1, -0.05) is 44.5 Å². The Bertz CT molecular complexity index is 602. The van der Waals surface area contributed by atoms with E-state index < -0.39 is 0 Å². The molecule has 0 aliphatic heterocycles. The van der Waals surface area contributed by atoms with Crippen LogP contribution in [-0.4, -0.2) is 17.4 Å². The molecule has 0 saturated heterocycles. The molecule has 112 valence electrons. The van der Waals surface area contributed by atoms with Crippen molar-refractivity contribution in [3.8, 4) is 10.6 Å². The lowest BCUT2D eigenvalue weighted by molar-refractivity contribution is 0.0956. The third-order valence-electron chi connectivity index (χ3n) is 3.43. The van der Waals surface area contributed by atoms with Crippen LogP contribution in [0.25, 0.3) is 10.6 Å². The fraction of sp³-hybridized carbons (Fsp3) is 0.412. The predicted molar refractivity (Wildman–Crippen MR) is 88.9 cm³/mol. The maximum atomic E-state index is 12.1. The number of unbranched alkanes of at least 4 members (excludes halogenated alkanes) is 1. The number of hydrogen-bond acceptors (Lipinski definition) is 3. The molecule has 1 aromatic carbocycles. The van der Waals surface area contributed by atoms with Gasteiger partial charge < -0.3 is 5.32 Å². The number of amides is 1. The number of hydrogen-bond donors (Lipinski definition) is 1. The first kappa shape index (κ1) is 15.7. The van der Waals surface area contributed by atoms with Crippen molar-refractivity contribution in [2.24, 2.45) is 0 Å². The molecule has 0 bridgehead atoms. The quantitative estimate of drug-likeness (QED) is 0.812. The van der Waals surface area contributed by atoms with Gasteiger partial charge in [-0.15, -0.1) is 11.3 Å². The van der Waals surface area contributed by atoms with Crippen molar-refractivity contribution in [2.45, 2.75) is 40.0 Å². The molecule has 1 aromatic heterocycles. The number of carbonyl (C=O) groups is 1. The summed E-state index contributed by atoms with van der Waals surface area (Å²) in [5.74, 6) is -0.00474. The summed E-state index contributed by atoms with van der Waals surface area (Å²) in [7, 11) is 0. The van der Waals surface area contributed by atoms with Gasteiger partial charge in [0.15, 0.2) is 0 Å². The first-order chi connectivity index (χ1) is 10.2. The maximum Gasteiger partial charge on any atom is 0.263 e. The molecule has 0 atom stereocenters. The molecule has 2 aromatic rings. The van der Waals surface area contributed by atoms with Gasteiger partial charge in [0, 0.05) is 12.1 Å². The average molecular weight is 302 g/mol. The molecule has 0 radical (unpaired) electrons. The second-order valence-corrected chi connectivity index (χ2v) is 6.09. The highest BCUT2D eigenvalue weighted by Gasteiger charge is 2.15. The molecule has 1 heterocycles. The molecule has 4 heteroatoms. The van der Waals surface area contributed by atoms with E-state index in [0.29, 0.717) is 0 Å². The SMILES string of the molecule is CCCCNC(=O)c1sc(-c2ccc(CC)cc2)nc1C. The summed E-state index contributed by atoms with van der Waals surface area (Å²) in [6.45, 7) is 6.88. The van der Waals surface area contributed by atoms with Crippen molar-refractivity contribution in [1.29, 1.82) is 0 Å². The Morgan fingerprint density at radius 1 is 1.24 bits per heavy atom. The van der Waals surface area contributed by atoms with E-state index in [1.165, 1.54) is 16.9 Å². The van der Waals surface area contributed by atoms with Crippen LogP contribution in [0.3, 0.4) is 0 Å². The normalized spacial score (nSPS) is 10.6. The summed E-state index contributed by atoms with van der Waals surface area (Å²) in [4.78, 5) is 17.4. The summed E-state index contributed by atoms with van der Waals surface area (Å²) >= 11 is 1.47. The first-order valence-corrected chi connectivity index (χ1v) is 8.32. The Morgan fingerprint density at radius 3 is 2.57 bits per heavy atom. The van der Waals surface area contributed by atoms with Gasteiger partial charge in [-0.3, -0.25) is 4.79 Å². The monoisotopic (exact) mass is 302 g/mol. The molecule has 0 saturated carbocycles. The molecule has 2 rings (SSSR count). The first-order valence-electron chi connectivity index (χ1n) is 7.50. The summed E-state index contributed by atoms with van der Waals surface area (Å²) in [5.41, 5.74) is 3.20. The number of benzene rings is 1. The lowest BCUT2D eigenvalue weighted by Crippen LogP contribution is -2.24. The number of nitrogens with one attached hydrogen (secondary N) is 1. The summed E-state index contributed by atoms with van der Waals surface area (Å²) in [6.07, 6.45) is 3.12. The lowest BCUT2D eigenvalue weighted by atomic mass is 10.1. The fourth-order valence-corrected chi connectivity index (χ4v) is 3.06. The number of aryl methyl sites for hydroxylation is 2. The van der Waals surface area contributed by atoms with Gasteiger partial charge in [-0.05, 0) is 25.3 Å². The van der Waals surface area contributed by atoms with Crippen LogP contribution < -0.4 is 5.32 Å². The zero-order valence-corrected chi connectivity index (χ0v) is 13.7. The van der Waals surface area contributed by atoms with E-state index in [0.717, 1.165) is 46.9 Å². The minimum atomic E-state index is -0.00474. The Kier molecular flexibility index (Phi) is 5.51. The summed E-state index contributed by atoms with van der Waals surface area (Å²) in [5, 5.41) is 3.87. The minimum Gasteiger partial charge on any atom is -0.351 e. The van der Waals surface area contributed by atoms with Crippen LogP contribution in [0.1, 0.15) is 47.6 Å². The molecule has 0 aliphatic rings. The van der Waals surface area contributed by atoms with E-state index in [2.05, 4.69) is 48.4 Å². The van der Waals surface area contributed by atoms with Crippen LogP contribution >= 0.6 is 11.3 Å². The molecular formula is C17H22N2OS. The van der Waals surface area contributed by atoms with Crippen molar-refractivity contribution >= 4 is 17.2 Å². The number of carbonyl (C=O) groups excluding carboxylic acids is 1. The van der Waals surface area contributed by atoms with Crippen LogP contribution in [0.15, 0.2) is 24.3 Å². The topological polar surface area (TPSA) is 42.0 Å². The van der Waals surface area contributed by atoms with E-state index in [1.54, 1.807) is 0 Å². The predicted octanol–water partition coefficient (Wildman–Crippen LogP) is 4.21. The molecular weight excluding hydrogens is 280 g/mol. The Labute approximate surface area is 130 Å². The van der Waals surface area contributed by atoms with Crippen molar-refractivity contribution in [3.05, 3.63) is 40.4 Å². The average Bonchev–Trinajstić information content (AvgIpc) is 2.89. The Hall–Kier alpha value is -1.68. The van der Waals surface area contributed by atoms with Gasteiger partial charge in [-0.2, -0.15) is 0 Å². The Morgan fingerprint density at radius 2 is 1.95 bits per heavy atom. The van der Waals surface area contributed by atoms with E-state index >= 15 is 0 Å². The van der Waals surface area contributed by atoms with Crippen LogP contribution in [-0.2, 0) is 6.42 Å². The number of nitrogens with zero attached hydrogens (tertiary/aromatic N) is 1.